The number of hydrogen-bond donors (Lipinski definition) is 3. The topological polar surface area (TPSA) is 145 Å². The Morgan fingerprint density at radius 2 is 1.55 bits per heavy atom. The molecule has 2 aromatic carbocycles. The summed E-state index contributed by atoms with van der Waals surface area (Å²) in [6.45, 7) is 3.80. The molecule has 9 nitrogen and oxygen atoms in total. The van der Waals surface area contributed by atoms with Crippen molar-refractivity contribution in [2.45, 2.75) is 36.2 Å². The van der Waals surface area contributed by atoms with Gasteiger partial charge in [0, 0.05) is 6.54 Å². The van der Waals surface area contributed by atoms with Crippen molar-refractivity contribution in [1.29, 1.82) is 0 Å². The lowest BCUT2D eigenvalue weighted by atomic mass is 10.2. The van der Waals surface area contributed by atoms with E-state index in [1.165, 1.54) is 55.5 Å². The number of carbonyl (C=O) groups is 1. The Kier molecular flexibility index (Phi) is 7.36. The standard InChI is InChI=1S/C18H23N3O6S2/c1-3-27-15-6-10-17(11-7-15)29(25,26)21-13(2)18(22)20-12-14-4-8-16(9-5-14)28(19,23)24/h4-11,13,21H,3,12H2,1-2H3,(H,20,22)(H2,19,23,24)/t13-/m0/s1. The van der Waals surface area contributed by atoms with Crippen LogP contribution in [0.4, 0.5) is 0 Å². The summed E-state index contributed by atoms with van der Waals surface area (Å²) >= 11 is 0. The van der Waals surface area contributed by atoms with E-state index in [1.807, 2.05) is 6.92 Å². The largest absolute Gasteiger partial charge is 0.494 e. The Balaban J connectivity index is 1.95. The second-order valence-electron chi connectivity index (χ2n) is 6.15. The van der Waals surface area contributed by atoms with E-state index in [2.05, 4.69) is 10.0 Å². The molecule has 0 radical (unpaired) electrons. The number of ether oxygens (including phenoxy) is 1. The predicted octanol–water partition coefficient (Wildman–Crippen LogP) is 0.716. The molecular formula is C18H23N3O6S2. The van der Waals surface area contributed by atoms with E-state index in [9.17, 15) is 21.6 Å². The van der Waals surface area contributed by atoms with Crippen LogP contribution in [0.1, 0.15) is 19.4 Å². The van der Waals surface area contributed by atoms with Gasteiger partial charge in [-0.05, 0) is 55.8 Å². The molecule has 0 spiro atoms. The maximum atomic E-state index is 12.4. The Morgan fingerprint density at radius 1 is 1.00 bits per heavy atom. The molecule has 4 N–H and O–H groups in total. The summed E-state index contributed by atoms with van der Waals surface area (Å²) in [6, 6.07) is 10.5. The van der Waals surface area contributed by atoms with E-state index in [4.69, 9.17) is 9.88 Å². The third kappa shape index (κ3) is 6.53. The van der Waals surface area contributed by atoms with E-state index >= 15 is 0 Å². The van der Waals surface area contributed by atoms with Gasteiger partial charge in [-0.2, -0.15) is 4.72 Å². The van der Waals surface area contributed by atoms with Crippen molar-refractivity contribution in [3.05, 3.63) is 54.1 Å². The summed E-state index contributed by atoms with van der Waals surface area (Å²) in [5.74, 6) is 0.0146. The number of benzene rings is 2. The Morgan fingerprint density at radius 3 is 2.07 bits per heavy atom. The fourth-order valence-corrected chi connectivity index (χ4v) is 4.09. The fraction of sp³-hybridized carbons (Fsp3) is 0.278. The summed E-state index contributed by atoms with van der Waals surface area (Å²) < 4.78 is 54.9. The molecule has 0 aliphatic heterocycles. The number of primary sulfonamides is 1. The molecule has 1 amide bonds. The van der Waals surface area contributed by atoms with E-state index in [0.717, 1.165) is 0 Å². The van der Waals surface area contributed by atoms with Crippen LogP contribution in [0.15, 0.2) is 58.3 Å². The minimum absolute atomic E-state index is 0.0131. The first-order valence-corrected chi connectivity index (χ1v) is 11.7. The molecule has 11 heteroatoms. The van der Waals surface area contributed by atoms with Crippen LogP contribution in [0.2, 0.25) is 0 Å². The van der Waals surface area contributed by atoms with Crippen molar-refractivity contribution in [3.63, 3.8) is 0 Å². The molecule has 0 saturated carbocycles. The molecule has 2 aromatic rings. The molecule has 158 valence electrons. The second-order valence-corrected chi connectivity index (χ2v) is 9.43. The van der Waals surface area contributed by atoms with Crippen LogP contribution in [-0.4, -0.2) is 35.4 Å². The molecular weight excluding hydrogens is 418 g/mol. The van der Waals surface area contributed by atoms with Gasteiger partial charge >= 0.3 is 0 Å². The molecule has 1 atom stereocenters. The first kappa shape index (κ1) is 22.8. The van der Waals surface area contributed by atoms with Crippen molar-refractivity contribution >= 4 is 26.0 Å². The summed E-state index contributed by atoms with van der Waals surface area (Å²) in [5.41, 5.74) is 0.632. The van der Waals surface area contributed by atoms with Crippen LogP contribution in [0.5, 0.6) is 5.75 Å². The van der Waals surface area contributed by atoms with Gasteiger partial charge in [-0.3, -0.25) is 4.79 Å². The molecule has 0 heterocycles. The Bertz CT molecular complexity index is 1050. The number of rotatable bonds is 9. The first-order chi connectivity index (χ1) is 13.5. The van der Waals surface area contributed by atoms with Crippen LogP contribution in [0.25, 0.3) is 0 Å². The van der Waals surface area contributed by atoms with E-state index in [1.54, 1.807) is 0 Å². The van der Waals surface area contributed by atoms with Gasteiger partial charge in [-0.1, -0.05) is 12.1 Å². The van der Waals surface area contributed by atoms with E-state index in [-0.39, 0.29) is 16.3 Å². The average Bonchev–Trinajstić information content (AvgIpc) is 2.66. The van der Waals surface area contributed by atoms with Gasteiger partial charge < -0.3 is 10.1 Å². The number of hydrogen-bond acceptors (Lipinski definition) is 6. The highest BCUT2D eigenvalue weighted by molar-refractivity contribution is 7.89. The lowest BCUT2D eigenvalue weighted by Crippen LogP contribution is -2.44. The normalized spacial score (nSPS) is 12.9. The number of nitrogens with one attached hydrogen (secondary N) is 2. The minimum Gasteiger partial charge on any atom is -0.494 e. The third-order valence-corrected chi connectivity index (χ3v) is 6.37. The maximum absolute atomic E-state index is 12.4. The number of nitrogens with two attached hydrogens (primary N) is 1. The predicted molar refractivity (Wildman–Crippen MR) is 107 cm³/mol. The average molecular weight is 442 g/mol. The molecule has 0 fully saturated rings. The maximum Gasteiger partial charge on any atom is 0.241 e. The highest BCUT2D eigenvalue weighted by Crippen LogP contribution is 2.16. The quantitative estimate of drug-likeness (QED) is 0.523. The molecule has 0 saturated heterocycles. The Hall–Kier alpha value is -2.47. The van der Waals surface area contributed by atoms with Crippen LogP contribution in [0.3, 0.4) is 0 Å². The molecule has 0 aliphatic carbocycles. The van der Waals surface area contributed by atoms with Crippen molar-refractivity contribution in [1.82, 2.24) is 10.0 Å². The van der Waals surface area contributed by atoms with Gasteiger partial charge in [0.2, 0.25) is 26.0 Å². The number of carbonyl (C=O) groups excluding carboxylic acids is 1. The fourth-order valence-electron chi connectivity index (χ4n) is 2.38. The van der Waals surface area contributed by atoms with Crippen LogP contribution in [-0.2, 0) is 31.4 Å². The van der Waals surface area contributed by atoms with Crippen molar-refractivity contribution in [3.8, 4) is 5.75 Å². The molecule has 0 unspecified atom stereocenters. The van der Waals surface area contributed by atoms with Crippen LogP contribution >= 0.6 is 0 Å². The third-order valence-electron chi connectivity index (χ3n) is 3.89. The van der Waals surface area contributed by atoms with Gasteiger partial charge in [0.25, 0.3) is 0 Å². The highest BCUT2D eigenvalue weighted by atomic mass is 32.2. The first-order valence-electron chi connectivity index (χ1n) is 8.67. The number of amides is 1. The van der Waals surface area contributed by atoms with Crippen LogP contribution in [0, 0.1) is 0 Å². The lowest BCUT2D eigenvalue weighted by molar-refractivity contribution is -0.122. The SMILES string of the molecule is CCOc1ccc(S(=O)(=O)N[C@@H](C)C(=O)NCc2ccc(S(N)(=O)=O)cc2)cc1. The molecule has 2 rings (SSSR count). The lowest BCUT2D eigenvalue weighted by Gasteiger charge is -2.15. The van der Waals surface area contributed by atoms with Gasteiger partial charge in [-0.15, -0.1) is 0 Å². The van der Waals surface area contributed by atoms with Gasteiger partial charge in [0.1, 0.15) is 5.75 Å². The van der Waals surface area contributed by atoms with E-state index < -0.39 is 32.0 Å². The van der Waals surface area contributed by atoms with Crippen molar-refractivity contribution in [2.75, 3.05) is 6.61 Å². The van der Waals surface area contributed by atoms with E-state index in [0.29, 0.717) is 17.9 Å². The molecule has 29 heavy (non-hydrogen) atoms. The van der Waals surface area contributed by atoms with Crippen molar-refractivity contribution < 1.29 is 26.4 Å². The summed E-state index contributed by atoms with van der Waals surface area (Å²) in [6.07, 6.45) is 0. The summed E-state index contributed by atoms with van der Waals surface area (Å²) in [5, 5.41) is 7.62. The number of sulfonamides is 2. The van der Waals surface area contributed by atoms with Gasteiger partial charge in [0.05, 0.1) is 22.4 Å². The zero-order valence-electron chi connectivity index (χ0n) is 16.0. The highest BCUT2D eigenvalue weighted by Gasteiger charge is 2.22. The van der Waals surface area contributed by atoms with Gasteiger partial charge in [-0.25, -0.2) is 22.0 Å². The monoisotopic (exact) mass is 441 g/mol. The molecule has 0 bridgehead atoms. The van der Waals surface area contributed by atoms with Gasteiger partial charge in [0.15, 0.2) is 0 Å². The molecule has 0 aromatic heterocycles. The smallest absolute Gasteiger partial charge is 0.241 e. The summed E-state index contributed by atoms with van der Waals surface area (Å²) in [7, 11) is -7.68. The van der Waals surface area contributed by atoms with Crippen LogP contribution < -0.4 is 19.9 Å². The zero-order chi connectivity index (χ0) is 21.7. The second kappa shape index (κ2) is 9.35. The zero-order valence-corrected chi connectivity index (χ0v) is 17.6. The van der Waals surface area contributed by atoms with Crippen molar-refractivity contribution in [2.24, 2.45) is 5.14 Å². The summed E-state index contributed by atoms with van der Waals surface area (Å²) in [4.78, 5) is 12.2. The molecule has 0 aliphatic rings. The minimum atomic E-state index is -3.89. The Labute approximate surface area is 170 Å².